The first-order chi connectivity index (χ1) is 7.58. The number of hydrogen-bond acceptors (Lipinski definition) is 3. The molecule has 3 nitrogen and oxygen atoms in total. The second-order valence-corrected chi connectivity index (χ2v) is 3.35. The van der Waals surface area contributed by atoms with Gasteiger partial charge in [-0.25, -0.2) is 8.78 Å². The van der Waals surface area contributed by atoms with Gasteiger partial charge in [0.1, 0.15) is 0 Å². The molecule has 0 bridgehead atoms. The standard InChI is InChI=1S/C11H15F2NO2.ClH/c1-15-9-4-3-7(5-10(9)16-2)8(14)6-11(12)13;/h3-5,8,11H,6,14H2,1-2H3;1H/t8-;/m1./s1. The van der Waals surface area contributed by atoms with E-state index in [9.17, 15) is 8.78 Å². The van der Waals surface area contributed by atoms with Gasteiger partial charge < -0.3 is 15.2 Å². The van der Waals surface area contributed by atoms with Gasteiger partial charge in [0.15, 0.2) is 11.5 Å². The maximum atomic E-state index is 12.2. The number of ether oxygens (including phenoxy) is 2. The van der Waals surface area contributed by atoms with E-state index in [-0.39, 0.29) is 18.8 Å². The van der Waals surface area contributed by atoms with Crippen LogP contribution in [0.3, 0.4) is 0 Å². The normalized spacial score (nSPS) is 11.9. The summed E-state index contributed by atoms with van der Waals surface area (Å²) in [6, 6.07) is 4.24. The van der Waals surface area contributed by atoms with E-state index in [2.05, 4.69) is 0 Å². The van der Waals surface area contributed by atoms with Crippen molar-refractivity contribution >= 4 is 12.4 Å². The number of alkyl halides is 2. The first kappa shape index (κ1) is 15.9. The van der Waals surface area contributed by atoms with Crippen LogP contribution in [0.15, 0.2) is 18.2 Å². The monoisotopic (exact) mass is 267 g/mol. The van der Waals surface area contributed by atoms with Crippen LogP contribution in [0.25, 0.3) is 0 Å². The van der Waals surface area contributed by atoms with E-state index >= 15 is 0 Å². The van der Waals surface area contributed by atoms with Crippen molar-refractivity contribution in [2.24, 2.45) is 5.73 Å². The molecule has 1 atom stereocenters. The highest BCUT2D eigenvalue weighted by Gasteiger charge is 2.14. The van der Waals surface area contributed by atoms with E-state index in [4.69, 9.17) is 15.2 Å². The Morgan fingerprint density at radius 3 is 2.24 bits per heavy atom. The SMILES string of the molecule is COc1ccc([C@H](N)CC(F)F)cc1OC.Cl. The summed E-state index contributed by atoms with van der Waals surface area (Å²) in [6.07, 6.45) is -2.78. The first-order valence-electron chi connectivity index (χ1n) is 4.84. The molecule has 17 heavy (non-hydrogen) atoms. The predicted octanol–water partition coefficient (Wildman–Crippen LogP) is 2.78. The fourth-order valence-corrected chi connectivity index (χ4v) is 1.41. The molecule has 0 aliphatic heterocycles. The summed E-state index contributed by atoms with van der Waals surface area (Å²) in [6.45, 7) is 0. The van der Waals surface area contributed by atoms with Gasteiger partial charge in [-0.15, -0.1) is 12.4 Å². The summed E-state index contributed by atoms with van der Waals surface area (Å²) < 4.78 is 34.4. The molecule has 0 aliphatic carbocycles. The molecule has 0 amide bonds. The molecule has 0 radical (unpaired) electrons. The molecule has 0 heterocycles. The fourth-order valence-electron chi connectivity index (χ4n) is 1.41. The van der Waals surface area contributed by atoms with Crippen molar-refractivity contribution in [1.29, 1.82) is 0 Å². The molecule has 0 aliphatic rings. The van der Waals surface area contributed by atoms with E-state index < -0.39 is 12.5 Å². The molecule has 0 saturated heterocycles. The molecule has 6 heteroatoms. The van der Waals surface area contributed by atoms with E-state index in [1.807, 2.05) is 0 Å². The van der Waals surface area contributed by atoms with Crippen LogP contribution in [0.1, 0.15) is 18.0 Å². The van der Waals surface area contributed by atoms with E-state index in [1.54, 1.807) is 18.2 Å². The van der Waals surface area contributed by atoms with Gasteiger partial charge in [0.2, 0.25) is 6.43 Å². The zero-order chi connectivity index (χ0) is 12.1. The molecule has 0 unspecified atom stereocenters. The largest absolute Gasteiger partial charge is 0.493 e. The van der Waals surface area contributed by atoms with Crippen LogP contribution in [-0.4, -0.2) is 20.6 Å². The highest BCUT2D eigenvalue weighted by molar-refractivity contribution is 5.85. The van der Waals surface area contributed by atoms with E-state index in [0.29, 0.717) is 17.1 Å². The van der Waals surface area contributed by atoms with Gasteiger partial charge in [-0.3, -0.25) is 0 Å². The molecule has 2 N–H and O–H groups in total. The van der Waals surface area contributed by atoms with Crippen LogP contribution in [-0.2, 0) is 0 Å². The van der Waals surface area contributed by atoms with Crippen LogP contribution in [0, 0.1) is 0 Å². The van der Waals surface area contributed by atoms with Crippen molar-refractivity contribution in [2.75, 3.05) is 14.2 Å². The van der Waals surface area contributed by atoms with Crippen LogP contribution >= 0.6 is 12.4 Å². The zero-order valence-electron chi connectivity index (χ0n) is 9.65. The average molecular weight is 268 g/mol. The third kappa shape index (κ3) is 4.36. The Labute approximate surface area is 105 Å². The minimum atomic E-state index is -2.41. The van der Waals surface area contributed by atoms with Gasteiger partial charge in [0.25, 0.3) is 0 Å². The van der Waals surface area contributed by atoms with Gasteiger partial charge >= 0.3 is 0 Å². The van der Waals surface area contributed by atoms with Crippen molar-refractivity contribution in [3.8, 4) is 11.5 Å². The van der Waals surface area contributed by atoms with Gasteiger partial charge in [-0.2, -0.15) is 0 Å². The van der Waals surface area contributed by atoms with Crippen LogP contribution in [0.2, 0.25) is 0 Å². The van der Waals surface area contributed by atoms with Gasteiger partial charge in [-0.1, -0.05) is 6.07 Å². The van der Waals surface area contributed by atoms with E-state index in [0.717, 1.165) is 0 Å². The van der Waals surface area contributed by atoms with Crippen LogP contribution in [0.5, 0.6) is 11.5 Å². The number of rotatable bonds is 5. The highest BCUT2D eigenvalue weighted by Crippen LogP contribution is 2.30. The molecule has 0 saturated carbocycles. The Morgan fingerprint density at radius 1 is 1.18 bits per heavy atom. The summed E-state index contributed by atoms with van der Waals surface area (Å²) in [5, 5.41) is 0. The van der Waals surface area contributed by atoms with Crippen molar-refractivity contribution in [2.45, 2.75) is 18.9 Å². The summed E-state index contributed by atoms with van der Waals surface area (Å²) >= 11 is 0. The lowest BCUT2D eigenvalue weighted by Crippen LogP contribution is -2.14. The molecule has 0 fully saturated rings. The second-order valence-electron chi connectivity index (χ2n) is 3.35. The number of benzene rings is 1. The molecule has 1 rings (SSSR count). The van der Waals surface area contributed by atoms with Gasteiger partial charge in [0.05, 0.1) is 14.2 Å². The summed E-state index contributed by atoms with van der Waals surface area (Å²) in [7, 11) is 3.00. The molecule has 98 valence electrons. The van der Waals surface area contributed by atoms with Crippen molar-refractivity contribution in [3.63, 3.8) is 0 Å². The molecule has 0 aromatic heterocycles. The smallest absolute Gasteiger partial charge is 0.240 e. The highest BCUT2D eigenvalue weighted by atomic mass is 35.5. The predicted molar refractivity (Wildman–Crippen MR) is 64.3 cm³/mol. The summed E-state index contributed by atoms with van der Waals surface area (Å²) in [4.78, 5) is 0. The Balaban J connectivity index is 0.00000256. The van der Waals surface area contributed by atoms with E-state index in [1.165, 1.54) is 14.2 Å². The van der Waals surface area contributed by atoms with Crippen molar-refractivity contribution in [1.82, 2.24) is 0 Å². The Kier molecular flexibility index (Phi) is 6.83. The first-order valence-corrected chi connectivity index (χ1v) is 4.84. The lowest BCUT2D eigenvalue weighted by molar-refractivity contribution is 0.128. The van der Waals surface area contributed by atoms with Crippen molar-refractivity contribution < 1.29 is 18.3 Å². The zero-order valence-corrected chi connectivity index (χ0v) is 10.5. The topological polar surface area (TPSA) is 44.5 Å². The third-order valence-corrected chi connectivity index (χ3v) is 2.27. The Bertz CT molecular complexity index is 350. The average Bonchev–Trinajstić information content (AvgIpc) is 2.27. The molecular formula is C11H16ClF2NO2. The van der Waals surface area contributed by atoms with Crippen LogP contribution in [0.4, 0.5) is 8.78 Å². The molecule has 0 spiro atoms. The molecule has 1 aromatic rings. The van der Waals surface area contributed by atoms with Gasteiger partial charge in [-0.05, 0) is 17.7 Å². The lowest BCUT2D eigenvalue weighted by Gasteiger charge is -2.14. The van der Waals surface area contributed by atoms with Crippen LogP contribution < -0.4 is 15.2 Å². The Morgan fingerprint density at radius 2 is 1.76 bits per heavy atom. The number of methoxy groups -OCH3 is 2. The maximum absolute atomic E-state index is 12.2. The number of halogens is 3. The molecular weight excluding hydrogens is 252 g/mol. The minimum Gasteiger partial charge on any atom is -0.493 e. The Hall–Kier alpha value is -1.07. The third-order valence-electron chi connectivity index (χ3n) is 2.27. The minimum absolute atomic E-state index is 0. The van der Waals surface area contributed by atoms with Gasteiger partial charge in [0, 0.05) is 12.5 Å². The summed E-state index contributed by atoms with van der Waals surface area (Å²) in [5.74, 6) is 1.04. The summed E-state index contributed by atoms with van der Waals surface area (Å²) in [5.41, 5.74) is 6.24. The maximum Gasteiger partial charge on any atom is 0.240 e. The fraction of sp³-hybridized carbons (Fsp3) is 0.455. The molecule has 1 aromatic carbocycles. The number of hydrogen-bond donors (Lipinski definition) is 1. The quantitative estimate of drug-likeness (QED) is 0.892. The second kappa shape index (κ2) is 7.29. The van der Waals surface area contributed by atoms with Crippen molar-refractivity contribution in [3.05, 3.63) is 23.8 Å². The lowest BCUT2D eigenvalue weighted by atomic mass is 10.0. The number of nitrogens with two attached hydrogens (primary N) is 1.